The first-order chi connectivity index (χ1) is 18.4. The van der Waals surface area contributed by atoms with Crippen LogP contribution in [0.25, 0.3) is 10.4 Å². The van der Waals surface area contributed by atoms with Gasteiger partial charge in [0.05, 0.1) is 28.2 Å². The fourth-order valence-corrected chi connectivity index (χ4v) is 5.79. The summed E-state index contributed by atoms with van der Waals surface area (Å²) in [6, 6.07) is 6.77. The maximum Gasteiger partial charge on any atom is 0.410 e. The molecule has 2 aromatic rings. The van der Waals surface area contributed by atoms with Gasteiger partial charge in [0.1, 0.15) is 11.6 Å². The maximum absolute atomic E-state index is 13.4. The van der Waals surface area contributed by atoms with Crippen molar-refractivity contribution >= 4 is 29.2 Å². The van der Waals surface area contributed by atoms with Crippen LogP contribution in [0.3, 0.4) is 0 Å². The third-order valence-electron chi connectivity index (χ3n) is 7.16. The first-order valence-corrected chi connectivity index (χ1v) is 14.3. The average Bonchev–Trinajstić information content (AvgIpc) is 3.51. The number of ether oxygens (including phenoxy) is 1. The summed E-state index contributed by atoms with van der Waals surface area (Å²) in [7, 11) is 0. The molecule has 1 aromatic heterocycles. The Labute approximate surface area is 233 Å². The molecule has 2 aliphatic rings. The van der Waals surface area contributed by atoms with E-state index < -0.39 is 23.8 Å². The van der Waals surface area contributed by atoms with E-state index in [0.29, 0.717) is 32.7 Å². The van der Waals surface area contributed by atoms with Crippen molar-refractivity contribution in [2.75, 3.05) is 32.7 Å². The summed E-state index contributed by atoms with van der Waals surface area (Å²) in [5, 5.41) is 13.3. The second-order valence-corrected chi connectivity index (χ2v) is 12.1. The predicted molar refractivity (Wildman–Crippen MR) is 149 cm³/mol. The average molecular weight is 558 g/mol. The molecule has 1 aromatic carbocycles. The Morgan fingerprint density at radius 2 is 1.82 bits per heavy atom. The van der Waals surface area contributed by atoms with E-state index in [1.807, 2.05) is 69.3 Å². The lowest BCUT2D eigenvalue weighted by molar-refractivity contribution is -0.142. The number of piperazine rings is 1. The van der Waals surface area contributed by atoms with Gasteiger partial charge in [-0.15, -0.1) is 11.3 Å². The monoisotopic (exact) mass is 557 g/mol. The standard InChI is InChI=1S/C28H39N5O5S/c1-18-24(39-17-30-18)21-8-6-20(7-9-21)15-29-25(35)23-14-22(34)16-33(23)26(36)19(2)31-10-12-32(13-11-31)27(37)38-28(3,4)5/h6-9,17,19,22-23,34H,10-16H2,1-5H3,(H,29,35). The van der Waals surface area contributed by atoms with Crippen LogP contribution in [-0.2, 0) is 20.9 Å². The number of aliphatic hydroxyl groups excluding tert-OH is 1. The number of nitrogens with one attached hydrogen (secondary N) is 1. The molecule has 0 saturated carbocycles. The fraction of sp³-hybridized carbons (Fsp3) is 0.571. The van der Waals surface area contributed by atoms with E-state index in [-0.39, 0.29) is 30.9 Å². The predicted octanol–water partition coefficient (Wildman–Crippen LogP) is 2.64. The zero-order valence-corrected chi connectivity index (χ0v) is 24.2. The van der Waals surface area contributed by atoms with Crippen LogP contribution in [0.1, 0.15) is 45.4 Å². The molecule has 2 N–H and O–H groups in total. The summed E-state index contributed by atoms with van der Waals surface area (Å²) in [4.78, 5) is 49.5. The highest BCUT2D eigenvalue weighted by atomic mass is 32.1. The van der Waals surface area contributed by atoms with Gasteiger partial charge in [-0.25, -0.2) is 9.78 Å². The molecule has 212 valence electrons. The number of hydrogen-bond acceptors (Lipinski definition) is 8. The van der Waals surface area contributed by atoms with Gasteiger partial charge in [0, 0.05) is 45.7 Å². The number of aryl methyl sites for hydroxylation is 1. The number of thiazole rings is 1. The van der Waals surface area contributed by atoms with E-state index in [4.69, 9.17) is 4.74 Å². The minimum absolute atomic E-state index is 0.127. The molecule has 0 spiro atoms. The van der Waals surface area contributed by atoms with Gasteiger partial charge in [-0.3, -0.25) is 14.5 Å². The van der Waals surface area contributed by atoms with Gasteiger partial charge in [0.25, 0.3) is 0 Å². The molecule has 0 radical (unpaired) electrons. The van der Waals surface area contributed by atoms with Crippen LogP contribution in [0.4, 0.5) is 4.79 Å². The maximum atomic E-state index is 13.4. The fourth-order valence-electron chi connectivity index (χ4n) is 4.98. The molecular formula is C28H39N5O5S. The Kier molecular flexibility index (Phi) is 8.93. The van der Waals surface area contributed by atoms with Gasteiger partial charge in [-0.2, -0.15) is 0 Å². The van der Waals surface area contributed by atoms with Crippen LogP contribution in [0.5, 0.6) is 0 Å². The molecule has 3 atom stereocenters. The van der Waals surface area contributed by atoms with Crippen LogP contribution >= 0.6 is 11.3 Å². The number of benzene rings is 1. The van der Waals surface area contributed by atoms with E-state index in [1.54, 1.807) is 16.2 Å². The Balaban J connectivity index is 1.31. The molecule has 4 rings (SSSR count). The molecule has 11 heteroatoms. The number of hydrogen-bond donors (Lipinski definition) is 2. The van der Waals surface area contributed by atoms with Crippen molar-refractivity contribution in [3.63, 3.8) is 0 Å². The highest BCUT2D eigenvalue weighted by molar-refractivity contribution is 7.13. The number of aliphatic hydroxyl groups is 1. The molecule has 2 fully saturated rings. The van der Waals surface area contributed by atoms with Crippen molar-refractivity contribution in [2.45, 2.75) is 71.4 Å². The number of rotatable bonds is 6. The van der Waals surface area contributed by atoms with Crippen LogP contribution in [0.15, 0.2) is 29.8 Å². The highest BCUT2D eigenvalue weighted by Crippen LogP contribution is 2.27. The topological polar surface area (TPSA) is 115 Å². The molecule has 10 nitrogen and oxygen atoms in total. The molecule has 3 heterocycles. The number of β-amino-alcohol motifs (C(OH)–C–C–N with tert-alkyl or cyclic N) is 1. The first kappa shape index (κ1) is 29.0. The third-order valence-corrected chi connectivity index (χ3v) is 8.14. The van der Waals surface area contributed by atoms with Crippen LogP contribution < -0.4 is 5.32 Å². The molecule has 3 amide bonds. The number of amides is 3. The van der Waals surface area contributed by atoms with E-state index in [0.717, 1.165) is 21.7 Å². The van der Waals surface area contributed by atoms with Gasteiger partial charge in [-0.05, 0) is 45.7 Å². The second-order valence-electron chi connectivity index (χ2n) is 11.3. The smallest absolute Gasteiger partial charge is 0.410 e. The van der Waals surface area contributed by atoms with Crippen molar-refractivity contribution in [2.24, 2.45) is 0 Å². The van der Waals surface area contributed by atoms with E-state index in [2.05, 4.69) is 10.3 Å². The van der Waals surface area contributed by atoms with E-state index >= 15 is 0 Å². The van der Waals surface area contributed by atoms with E-state index in [9.17, 15) is 19.5 Å². The Bertz CT molecular complexity index is 1170. The lowest BCUT2D eigenvalue weighted by Gasteiger charge is -2.39. The molecular weight excluding hydrogens is 518 g/mol. The van der Waals surface area contributed by atoms with Crippen molar-refractivity contribution in [1.29, 1.82) is 0 Å². The molecule has 0 aliphatic carbocycles. The summed E-state index contributed by atoms with van der Waals surface area (Å²) in [6.07, 6.45) is -0.892. The SMILES string of the molecule is Cc1ncsc1-c1ccc(CNC(=O)C2CC(O)CN2C(=O)C(C)N2CCN(C(=O)OC(C)(C)C)CC2)cc1. The first-order valence-electron chi connectivity index (χ1n) is 13.4. The van der Waals surface area contributed by atoms with Gasteiger partial charge in [-0.1, -0.05) is 24.3 Å². The summed E-state index contributed by atoms with van der Waals surface area (Å²) >= 11 is 1.59. The molecule has 2 aliphatic heterocycles. The molecule has 39 heavy (non-hydrogen) atoms. The number of aromatic nitrogens is 1. The van der Waals surface area contributed by atoms with Crippen LogP contribution in [0, 0.1) is 6.92 Å². The number of carbonyl (C=O) groups is 3. The van der Waals surface area contributed by atoms with Crippen LogP contribution in [0.2, 0.25) is 0 Å². The minimum Gasteiger partial charge on any atom is -0.444 e. The van der Waals surface area contributed by atoms with Crippen molar-refractivity contribution in [1.82, 2.24) is 25.0 Å². The van der Waals surface area contributed by atoms with Crippen LogP contribution in [-0.4, -0.2) is 99.2 Å². The lowest BCUT2D eigenvalue weighted by Crippen LogP contribution is -2.57. The third kappa shape index (κ3) is 7.14. The molecule has 2 saturated heterocycles. The van der Waals surface area contributed by atoms with E-state index in [1.165, 1.54) is 4.90 Å². The minimum atomic E-state index is -0.747. The van der Waals surface area contributed by atoms with Crippen molar-refractivity contribution in [3.05, 3.63) is 41.0 Å². The second kappa shape index (κ2) is 12.0. The largest absolute Gasteiger partial charge is 0.444 e. The van der Waals surface area contributed by atoms with Crippen molar-refractivity contribution < 1.29 is 24.2 Å². The Hall–Kier alpha value is -3.02. The van der Waals surface area contributed by atoms with Gasteiger partial charge in [0.15, 0.2) is 0 Å². The molecule has 0 bridgehead atoms. The summed E-state index contributed by atoms with van der Waals surface area (Å²) < 4.78 is 5.46. The quantitative estimate of drug-likeness (QED) is 0.561. The Morgan fingerprint density at radius 1 is 1.15 bits per heavy atom. The zero-order valence-electron chi connectivity index (χ0n) is 23.3. The molecule has 3 unspecified atom stereocenters. The number of nitrogens with zero attached hydrogens (tertiary/aromatic N) is 4. The normalized spacial score (nSPS) is 21.1. The Morgan fingerprint density at radius 3 is 2.41 bits per heavy atom. The van der Waals surface area contributed by atoms with Crippen molar-refractivity contribution in [3.8, 4) is 10.4 Å². The van der Waals surface area contributed by atoms with Gasteiger partial charge >= 0.3 is 6.09 Å². The zero-order chi connectivity index (χ0) is 28.3. The lowest BCUT2D eigenvalue weighted by atomic mass is 10.1. The summed E-state index contributed by atoms with van der Waals surface area (Å²) in [6.45, 7) is 11.7. The number of likely N-dealkylation sites (tertiary alicyclic amines) is 1. The summed E-state index contributed by atoms with van der Waals surface area (Å²) in [5.74, 6) is -0.467. The highest BCUT2D eigenvalue weighted by Gasteiger charge is 2.41. The van der Waals surface area contributed by atoms with Gasteiger partial charge < -0.3 is 25.0 Å². The number of carbonyl (C=O) groups excluding carboxylic acids is 3. The van der Waals surface area contributed by atoms with Gasteiger partial charge in [0.2, 0.25) is 11.8 Å². The summed E-state index contributed by atoms with van der Waals surface area (Å²) in [5.41, 5.74) is 4.29.